The molecule has 1 aliphatic heterocycles. The van der Waals surface area contributed by atoms with Gasteiger partial charge in [-0.3, -0.25) is 4.79 Å². The highest BCUT2D eigenvalue weighted by atomic mass is 16.5. The zero-order chi connectivity index (χ0) is 13.4. The van der Waals surface area contributed by atoms with Crippen LogP contribution in [-0.4, -0.2) is 27.9 Å². The van der Waals surface area contributed by atoms with E-state index in [1.165, 1.54) is 0 Å². The number of nitrogens with zero attached hydrogens (tertiary/aromatic N) is 1. The van der Waals surface area contributed by atoms with Crippen molar-refractivity contribution < 1.29 is 14.3 Å². The number of hydrogen-bond acceptors (Lipinski definition) is 3. The van der Waals surface area contributed by atoms with Crippen LogP contribution in [0.5, 0.6) is 0 Å². The first-order valence-electron chi connectivity index (χ1n) is 6.31. The fraction of sp³-hybridized carbons (Fsp3) is 0.923. The second-order valence-electron chi connectivity index (χ2n) is 6.20. The molecule has 98 valence electrons. The number of esters is 1. The van der Waals surface area contributed by atoms with Crippen LogP contribution in [0.15, 0.2) is 0 Å². The molecule has 1 rings (SSSR count). The number of nitroso groups, excluding NO2 is 1. The maximum atomic E-state index is 12.1. The summed E-state index contributed by atoms with van der Waals surface area (Å²) >= 11 is 0. The highest BCUT2D eigenvalue weighted by Crippen LogP contribution is 2.38. The maximum Gasteiger partial charge on any atom is 0.309 e. The SMILES string of the molecule is CCC(C)C(=O)OC1CC(C)(C)[N+](=O)C1(C)C. The Morgan fingerprint density at radius 1 is 1.41 bits per heavy atom. The lowest BCUT2D eigenvalue weighted by Gasteiger charge is -2.20. The zero-order valence-corrected chi connectivity index (χ0v) is 11.7. The van der Waals surface area contributed by atoms with E-state index in [0.717, 1.165) is 11.2 Å². The minimum absolute atomic E-state index is 0.102. The lowest BCUT2D eigenvalue weighted by Crippen LogP contribution is -2.43. The highest BCUT2D eigenvalue weighted by molar-refractivity contribution is 5.72. The Hall–Kier alpha value is -0.930. The van der Waals surface area contributed by atoms with Crippen LogP contribution >= 0.6 is 0 Å². The smallest absolute Gasteiger partial charge is 0.309 e. The molecule has 0 aliphatic carbocycles. The van der Waals surface area contributed by atoms with Gasteiger partial charge in [0.1, 0.15) is 0 Å². The van der Waals surface area contributed by atoms with Gasteiger partial charge in [-0.15, -0.1) is 0 Å². The zero-order valence-electron chi connectivity index (χ0n) is 11.7. The highest BCUT2D eigenvalue weighted by Gasteiger charge is 2.62. The molecule has 4 nitrogen and oxygen atoms in total. The molecule has 0 aromatic rings. The third-order valence-corrected chi connectivity index (χ3v) is 3.82. The molecular formula is C13H24NO3+. The van der Waals surface area contributed by atoms with E-state index in [-0.39, 0.29) is 18.0 Å². The van der Waals surface area contributed by atoms with E-state index in [1.807, 2.05) is 41.5 Å². The van der Waals surface area contributed by atoms with Crippen molar-refractivity contribution in [2.45, 2.75) is 71.6 Å². The van der Waals surface area contributed by atoms with Gasteiger partial charge in [-0.25, -0.2) is 0 Å². The molecule has 1 fully saturated rings. The molecule has 0 bridgehead atoms. The van der Waals surface area contributed by atoms with Crippen molar-refractivity contribution in [2.75, 3.05) is 0 Å². The van der Waals surface area contributed by atoms with Crippen LogP contribution in [0.25, 0.3) is 0 Å². The summed E-state index contributed by atoms with van der Waals surface area (Å²) in [5, 5.41) is 0. The second-order valence-corrected chi connectivity index (χ2v) is 6.20. The summed E-state index contributed by atoms with van der Waals surface area (Å²) in [6.45, 7) is 11.3. The van der Waals surface area contributed by atoms with Crippen molar-refractivity contribution in [1.82, 2.24) is 0 Å². The van der Waals surface area contributed by atoms with Crippen molar-refractivity contribution in [2.24, 2.45) is 5.92 Å². The molecule has 2 unspecified atom stereocenters. The largest absolute Gasteiger partial charge is 0.454 e. The van der Waals surface area contributed by atoms with Gasteiger partial charge in [0.25, 0.3) is 0 Å². The number of hydrogen-bond donors (Lipinski definition) is 0. The van der Waals surface area contributed by atoms with E-state index < -0.39 is 11.1 Å². The molecular weight excluding hydrogens is 218 g/mol. The molecule has 4 heteroatoms. The molecule has 17 heavy (non-hydrogen) atoms. The number of ether oxygens (including phenoxy) is 1. The minimum atomic E-state index is -0.646. The summed E-state index contributed by atoms with van der Waals surface area (Å²) in [6, 6.07) is 0. The third kappa shape index (κ3) is 2.50. The molecule has 0 N–H and O–H groups in total. The average Bonchev–Trinajstić information content (AvgIpc) is 2.38. The van der Waals surface area contributed by atoms with Gasteiger partial charge in [0.15, 0.2) is 6.10 Å². The molecule has 0 amide bonds. The molecule has 0 aromatic carbocycles. The van der Waals surface area contributed by atoms with Crippen molar-refractivity contribution in [3.63, 3.8) is 0 Å². The van der Waals surface area contributed by atoms with Gasteiger partial charge in [-0.2, -0.15) is 0 Å². The van der Waals surface area contributed by atoms with Crippen LogP contribution in [-0.2, 0) is 9.53 Å². The summed E-state index contributed by atoms with van der Waals surface area (Å²) in [4.78, 5) is 23.9. The Morgan fingerprint density at radius 2 is 1.94 bits per heavy atom. The Morgan fingerprint density at radius 3 is 2.29 bits per heavy atom. The molecule has 1 saturated heterocycles. The molecule has 1 aliphatic rings. The number of carbonyl (C=O) groups excluding carboxylic acids is 1. The van der Waals surface area contributed by atoms with Gasteiger partial charge in [-0.05, 0) is 6.42 Å². The van der Waals surface area contributed by atoms with E-state index in [0.29, 0.717) is 6.42 Å². The molecule has 0 radical (unpaired) electrons. The summed E-state index contributed by atoms with van der Waals surface area (Å²) in [5.74, 6) is -0.300. The first kappa shape index (κ1) is 14.1. The normalized spacial score (nSPS) is 27.9. The van der Waals surface area contributed by atoms with Gasteiger partial charge in [0.2, 0.25) is 11.1 Å². The van der Waals surface area contributed by atoms with E-state index in [2.05, 4.69) is 0 Å². The van der Waals surface area contributed by atoms with Crippen LogP contribution in [0, 0.1) is 10.8 Å². The Kier molecular flexibility index (Phi) is 3.65. The predicted octanol–water partition coefficient (Wildman–Crippen LogP) is 2.68. The van der Waals surface area contributed by atoms with Crippen molar-refractivity contribution >= 4 is 5.97 Å². The van der Waals surface area contributed by atoms with Crippen LogP contribution < -0.4 is 0 Å². The Labute approximate surface area is 103 Å². The van der Waals surface area contributed by atoms with Crippen LogP contribution in [0.2, 0.25) is 0 Å². The summed E-state index contributed by atoms with van der Waals surface area (Å²) in [6.07, 6.45) is 1.03. The van der Waals surface area contributed by atoms with Crippen molar-refractivity contribution in [3.8, 4) is 0 Å². The van der Waals surface area contributed by atoms with Crippen molar-refractivity contribution in [1.29, 1.82) is 0 Å². The molecule has 0 saturated carbocycles. The molecule has 1 heterocycles. The fourth-order valence-corrected chi connectivity index (χ4v) is 2.31. The van der Waals surface area contributed by atoms with Gasteiger partial charge >= 0.3 is 5.97 Å². The third-order valence-electron chi connectivity index (χ3n) is 3.82. The lowest BCUT2D eigenvalue weighted by molar-refractivity contribution is -0.661. The predicted molar refractivity (Wildman–Crippen MR) is 65.7 cm³/mol. The van der Waals surface area contributed by atoms with Crippen molar-refractivity contribution in [3.05, 3.63) is 4.91 Å². The quantitative estimate of drug-likeness (QED) is 0.564. The van der Waals surface area contributed by atoms with Crippen LogP contribution in [0.4, 0.5) is 0 Å². The monoisotopic (exact) mass is 242 g/mol. The lowest BCUT2D eigenvalue weighted by atomic mass is 9.97. The van der Waals surface area contributed by atoms with E-state index >= 15 is 0 Å². The molecule has 0 spiro atoms. The van der Waals surface area contributed by atoms with Gasteiger partial charge in [0, 0.05) is 37.4 Å². The minimum Gasteiger partial charge on any atom is -0.454 e. The van der Waals surface area contributed by atoms with E-state index in [9.17, 15) is 9.70 Å². The fourth-order valence-electron chi connectivity index (χ4n) is 2.31. The second kappa shape index (κ2) is 4.39. The van der Waals surface area contributed by atoms with Crippen LogP contribution in [0.3, 0.4) is 0 Å². The first-order valence-corrected chi connectivity index (χ1v) is 6.31. The van der Waals surface area contributed by atoms with Gasteiger partial charge in [0.05, 0.1) is 12.3 Å². The standard InChI is InChI=1S/C13H24NO3/c1-7-9(2)11(15)17-10-8-12(3,4)14(16)13(10,5)6/h9-10H,7-8H2,1-6H3/q+1. The van der Waals surface area contributed by atoms with E-state index in [4.69, 9.17) is 4.74 Å². The van der Waals surface area contributed by atoms with Gasteiger partial charge < -0.3 is 4.74 Å². The van der Waals surface area contributed by atoms with E-state index in [1.54, 1.807) is 0 Å². The summed E-state index contributed by atoms with van der Waals surface area (Å²) in [7, 11) is 0. The first-order chi connectivity index (χ1) is 7.63. The Bertz CT molecular complexity index is 334. The average molecular weight is 242 g/mol. The number of carbonyl (C=O) groups is 1. The maximum absolute atomic E-state index is 12.1. The summed E-state index contributed by atoms with van der Waals surface area (Å²) in [5.41, 5.74) is -1.11. The Balaban J connectivity index is 2.80. The number of rotatable bonds is 3. The topological polar surface area (TPSA) is 46.4 Å². The summed E-state index contributed by atoms with van der Waals surface area (Å²) < 4.78 is 6.57. The molecule has 2 atom stereocenters. The van der Waals surface area contributed by atoms with Gasteiger partial charge in [-0.1, -0.05) is 13.8 Å². The molecule has 0 aromatic heterocycles. The van der Waals surface area contributed by atoms with Crippen LogP contribution in [0.1, 0.15) is 54.4 Å².